The molecule has 0 aliphatic carbocycles. The van der Waals surface area contributed by atoms with E-state index in [9.17, 15) is 9.59 Å². The summed E-state index contributed by atoms with van der Waals surface area (Å²) >= 11 is 0. The lowest BCUT2D eigenvalue weighted by atomic mass is 9.78. The van der Waals surface area contributed by atoms with Crippen molar-refractivity contribution in [3.05, 3.63) is 65.7 Å². The monoisotopic (exact) mass is 293 g/mol. The molecule has 2 atom stereocenters. The van der Waals surface area contributed by atoms with Crippen molar-refractivity contribution in [3.8, 4) is 0 Å². The van der Waals surface area contributed by atoms with Crippen LogP contribution >= 0.6 is 0 Å². The predicted molar refractivity (Wildman–Crippen MR) is 81.4 cm³/mol. The van der Waals surface area contributed by atoms with Crippen molar-refractivity contribution in [3.63, 3.8) is 0 Å². The van der Waals surface area contributed by atoms with E-state index in [1.165, 1.54) is 0 Å². The highest BCUT2D eigenvalue weighted by Gasteiger charge is 2.62. The number of carbonyl (C=O) groups is 2. The van der Waals surface area contributed by atoms with Crippen LogP contribution in [0.4, 0.5) is 5.69 Å². The topological polar surface area (TPSA) is 46.6 Å². The zero-order valence-electron chi connectivity index (χ0n) is 12.2. The number of esters is 1. The van der Waals surface area contributed by atoms with E-state index >= 15 is 0 Å². The molecule has 2 aliphatic heterocycles. The van der Waals surface area contributed by atoms with E-state index in [1.54, 1.807) is 11.9 Å². The minimum atomic E-state index is -1.22. The summed E-state index contributed by atoms with van der Waals surface area (Å²) in [5.41, 5.74) is 1.32. The Kier molecular flexibility index (Phi) is 2.64. The van der Waals surface area contributed by atoms with Crippen molar-refractivity contribution < 1.29 is 14.3 Å². The Morgan fingerprint density at radius 3 is 2.50 bits per heavy atom. The number of ether oxygens (including phenoxy) is 1. The zero-order valence-corrected chi connectivity index (χ0v) is 12.2. The van der Waals surface area contributed by atoms with Gasteiger partial charge in [-0.1, -0.05) is 48.5 Å². The second-order valence-corrected chi connectivity index (χ2v) is 5.76. The molecule has 4 nitrogen and oxygen atoms in total. The first-order valence-corrected chi connectivity index (χ1v) is 7.29. The number of nitrogens with zero attached hydrogens (tertiary/aromatic N) is 1. The SMILES string of the molecule is CN1C(=O)[C@@]2(OC(=O)C[C@@H]2c2ccccc2)c2ccccc21. The third-order valence-electron chi connectivity index (χ3n) is 4.63. The van der Waals surface area contributed by atoms with E-state index in [0.29, 0.717) is 0 Å². The lowest BCUT2D eigenvalue weighted by molar-refractivity contribution is -0.157. The summed E-state index contributed by atoms with van der Waals surface area (Å²) in [7, 11) is 1.73. The van der Waals surface area contributed by atoms with Crippen LogP contribution in [-0.2, 0) is 19.9 Å². The molecule has 2 aromatic carbocycles. The van der Waals surface area contributed by atoms with Crippen LogP contribution in [-0.4, -0.2) is 18.9 Å². The Morgan fingerprint density at radius 1 is 1.05 bits per heavy atom. The number of para-hydroxylation sites is 1. The Balaban J connectivity index is 1.95. The highest BCUT2D eigenvalue weighted by molar-refractivity contribution is 6.09. The van der Waals surface area contributed by atoms with Crippen LogP contribution in [0, 0.1) is 0 Å². The largest absolute Gasteiger partial charge is 0.443 e. The van der Waals surface area contributed by atoms with Crippen LogP contribution in [0.3, 0.4) is 0 Å². The van der Waals surface area contributed by atoms with Gasteiger partial charge in [-0.3, -0.25) is 9.59 Å². The molecule has 0 N–H and O–H groups in total. The van der Waals surface area contributed by atoms with Gasteiger partial charge < -0.3 is 9.64 Å². The van der Waals surface area contributed by atoms with Crippen molar-refractivity contribution in [1.82, 2.24) is 0 Å². The normalized spacial score (nSPS) is 26.4. The smallest absolute Gasteiger partial charge is 0.308 e. The first-order valence-electron chi connectivity index (χ1n) is 7.29. The number of carbonyl (C=O) groups excluding carboxylic acids is 2. The predicted octanol–water partition coefficient (Wildman–Crippen LogP) is 2.59. The molecule has 0 aromatic heterocycles. The second kappa shape index (κ2) is 4.44. The number of rotatable bonds is 1. The summed E-state index contributed by atoms with van der Waals surface area (Å²) in [6.45, 7) is 0. The summed E-state index contributed by atoms with van der Waals surface area (Å²) in [5.74, 6) is -0.791. The lowest BCUT2D eigenvalue weighted by Crippen LogP contribution is -2.42. The molecule has 1 spiro atoms. The minimum Gasteiger partial charge on any atom is -0.443 e. The molecule has 0 radical (unpaired) electrons. The Morgan fingerprint density at radius 2 is 1.73 bits per heavy atom. The van der Waals surface area contributed by atoms with Crippen LogP contribution in [0.5, 0.6) is 0 Å². The van der Waals surface area contributed by atoms with Crippen LogP contribution in [0.25, 0.3) is 0 Å². The van der Waals surface area contributed by atoms with Gasteiger partial charge in [0.25, 0.3) is 5.91 Å². The number of hydrogen-bond acceptors (Lipinski definition) is 3. The van der Waals surface area contributed by atoms with Gasteiger partial charge in [-0.2, -0.15) is 0 Å². The average molecular weight is 293 g/mol. The Labute approximate surface area is 128 Å². The maximum atomic E-state index is 13.0. The molecule has 2 heterocycles. The number of likely N-dealkylation sites (N-methyl/N-ethyl adjacent to an activating group) is 1. The van der Waals surface area contributed by atoms with Crippen LogP contribution in [0.2, 0.25) is 0 Å². The van der Waals surface area contributed by atoms with Crippen LogP contribution in [0.15, 0.2) is 54.6 Å². The third-order valence-corrected chi connectivity index (χ3v) is 4.63. The van der Waals surface area contributed by atoms with Crippen LogP contribution in [0.1, 0.15) is 23.5 Å². The minimum absolute atomic E-state index is 0.173. The van der Waals surface area contributed by atoms with Gasteiger partial charge in [-0.25, -0.2) is 0 Å². The van der Waals surface area contributed by atoms with Crippen molar-refractivity contribution in [2.24, 2.45) is 0 Å². The van der Waals surface area contributed by atoms with Gasteiger partial charge in [0, 0.05) is 18.5 Å². The molecule has 0 bridgehead atoms. The molecule has 1 amide bonds. The summed E-state index contributed by atoms with van der Waals surface area (Å²) in [4.78, 5) is 26.6. The molecule has 2 aromatic rings. The fourth-order valence-electron chi connectivity index (χ4n) is 3.63. The first-order chi connectivity index (χ1) is 10.6. The molecule has 2 aliphatic rings. The summed E-state index contributed by atoms with van der Waals surface area (Å²) in [6.07, 6.45) is 0.220. The van der Waals surface area contributed by atoms with E-state index in [1.807, 2.05) is 54.6 Å². The van der Waals surface area contributed by atoms with Crippen molar-refractivity contribution in [1.29, 1.82) is 0 Å². The maximum absolute atomic E-state index is 13.0. The van der Waals surface area contributed by atoms with E-state index in [-0.39, 0.29) is 24.2 Å². The summed E-state index contributed by atoms with van der Waals surface area (Å²) in [6, 6.07) is 17.2. The third kappa shape index (κ3) is 1.52. The van der Waals surface area contributed by atoms with Gasteiger partial charge in [0.05, 0.1) is 12.1 Å². The molecular weight excluding hydrogens is 278 g/mol. The highest BCUT2D eigenvalue weighted by atomic mass is 16.6. The van der Waals surface area contributed by atoms with E-state index in [4.69, 9.17) is 4.74 Å². The second-order valence-electron chi connectivity index (χ2n) is 5.76. The maximum Gasteiger partial charge on any atom is 0.308 e. The van der Waals surface area contributed by atoms with Gasteiger partial charge in [-0.15, -0.1) is 0 Å². The molecule has 1 fully saturated rings. The molecule has 4 rings (SSSR count). The lowest BCUT2D eigenvalue weighted by Gasteiger charge is -2.28. The fourth-order valence-corrected chi connectivity index (χ4v) is 3.63. The molecular formula is C18H15NO3. The van der Waals surface area contributed by atoms with Gasteiger partial charge in [0.2, 0.25) is 5.60 Å². The fraction of sp³-hybridized carbons (Fsp3) is 0.222. The van der Waals surface area contributed by atoms with Crippen LogP contribution < -0.4 is 4.90 Å². The van der Waals surface area contributed by atoms with Crippen molar-refractivity contribution >= 4 is 17.6 Å². The standard InChI is InChI=1S/C18H15NO3/c1-19-15-10-6-5-9-13(15)18(17(19)21)14(11-16(20)22-18)12-7-3-2-4-8-12/h2-10,14H,11H2,1H3/t14-,18-/m1/s1. The van der Waals surface area contributed by atoms with Gasteiger partial charge in [0.1, 0.15) is 0 Å². The average Bonchev–Trinajstić information content (AvgIpc) is 3.01. The molecule has 1 saturated heterocycles. The molecule has 0 unspecified atom stereocenters. The molecule has 22 heavy (non-hydrogen) atoms. The number of fused-ring (bicyclic) bond motifs is 2. The van der Waals surface area contributed by atoms with Gasteiger partial charge in [0.15, 0.2) is 0 Å². The summed E-state index contributed by atoms with van der Waals surface area (Å²) < 4.78 is 5.66. The molecule has 110 valence electrons. The zero-order chi connectivity index (χ0) is 15.3. The highest BCUT2D eigenvalue weighted by Crippen LogP contribution is 2.54. The van der Waals surface area contributed by atoms with E-state index in [2.05, 4.69) is 0 Å². The number of amides is 1. The Hall–Kier alpha value is -2.62. The van der Waals surface area contributed by atoms with Gasteiger partial charge >= 0.3 is 5.97 Å². The first kappa shape index (κ1) is 13.1. The quantitative estimate of drug-likeness (QED) is 0.759. The van der Waals surface area contributed by atoms with E-state index < -0.39 is 5.60 Å². The van der Waals surface area contributed by atoms with Crippen molar-refractivity contribution in [2.45, 2.75) is 17.9 Å². The molecule has 0 saturated carbocycles. The number of hydrogen-bond donors (Lipinski definition) is 0. The number of benzene rings is 2. The van der Waals surface area contributed by atoms with Gasteiger partial charge in [-0.05, 0) is 11.6 Å². The number of anilines is 1. The summed E-state index contributed by atoms with van der Waals surface area (Å²) in [5, 5.41) is 0. The van der Waals surface area contributed by atoms with E-state index in [0.717, 1.165) is 16.8 Å². The van der Waals surface area contributed by atoms with Crippen molar-refractivity contribution in [2.75, 3.05) is 11.9 Å². The molecule has 4 heteroatoms. The Bertz CT molecular complexity index is 771.